The summed E-state index contributed by atoms with van der Waals surface area (Å²) in [5.41, 5.74) is 5.36. The summed E-state index contributed by atoms with van der Waals surface area (Å²) < 4.78 is 7.65. The van der Waals surface area contributed by atoms with E-state index in [1.165, 1.54) is 0 Å². The first-order chi connectivity index (χ1) is 14.1. The minimum absolute atomic E-state index is 0.236. The highest BCUT2D eigenvalue weighted by Gasteiger charge is 2.25. The summed E-state index contributed by atoms with van der Waals surface area (Å²) in [6.07, 6.45) is 3.56. The second-order valence-electron chi connectivity index (χ2n) is 7.67. The monoisotopic (exact) mass is 392 g/mol. The van der Waals surface area contributed by atoms with E-state index in [-0.39, 0.29) is 12.1 Å². The number of H-pyrrole nitrogens is 2. The standard InChI is InChI=1S/C20H24N8O/c1-12(2)28-16(5-7-22-28)14-10-17(27-8-9-29-11-13(27)3)23-20-18(14)25-26-19(20)15-4-6-21-24-15/h4-7,10,12-13H,8-9,11H2,1-3H3,(H,21,24)(H,25,26)/t13-/m1/s1. The van der Waals surface area contributed by atoms with E-state index < -0.39 is 0 Å². The van der Waals surface area contributed by atoms with E-state index in [0.717, 1.165) is 46.0 Å². The Balaban J connectivity index is 1.76. The molecule has 150 valence electrons. The molecule has 0 radical (unpaired) electrons. The molecule has 0 amide bonds. The zero-order chi connectivity index (χ0) is 20.0. The molecule has 0 saturated carbocycles. The van der Waals surface area contributed by atoms with Crippen molar-refractivity contribution >= 4 is 16.9 Å². The summed E-state index contributed by atoms with van der Waals surface area (Å²) in [6.45, 7) is 8.61. The molecule has 0 aliphatic carbocycles. The highest BCUT2D eigenvalue weighted by Crippen LogP contribution is 2.35. The van der Waals surface area contributed by atoms with Crippen LogP contribution in [0.3, 0.4) is 0 Å². The first-order valence-corrected chi connectivity index (χ1v) is 9.90. The molecule has 9 heteroatoms. The van der Waals surface area contributed by atoms with Crippen LogP contribution >= 0.6 is 0 Å². The summed E-state index contributed by atoms with van der Waals surface area (Å²) >= 11 is 0. The Morgan fingerprint density at radius 3 is 2.83 bits per heavy atom. The third-order valence-electron chi connectivity index (χ3n) is 5.36. The van der Waals surface area contributed by atoms with Crippen molar-refractivity contribution in [2.45, 2.75) is 32.9 Å². The van der Waals surface area contributed by atoms with Crippen molar-refractivity contribution < 1.29 is 4.74 Å². The Morgan fingerprint density at radius 1 is 1.17 bits per heavy atom. The van der Waals surface area contributed by atoms with Crippen LogP contribution in [-0.4, -0.2) is 61.0 Å². The first-order valence-electron chi connectivity index (χ1n) is 9.90. The number of fused-ring (bicyclic) bond motifs is 1. The number of hydrogen-bond donors (Lipinski definition) is 2. The molecule has 0 aromatic carbocycles. The van der Waals surface area contributed by atoms with E-state index in [1.54, 1.807) is 6.20 Å². The van der Waals surface area contributed by atoms with Gasteiger partial charge in [-0.05, 0) is 39.0 Å². The van der Waals surface area contributed by atoms with Gasteiger partial charge in [0.05, 0.1) is 30.6 Å². The topological polar surface area (TPSA) is 101 Å². The minimum atomic E-state index is 0.236. The van der Waals surface area contributed by atoms with Gasteiger partial charge >= 0.3 is 0 Å². The first kappa shape index (κ1) is 17.9. The van der Waals surface area contributed by atoms with Gasteiger partial charge in [0.2, 0.25) is 0 Å². The Morgan fingerprint density at radius 2 is 2.07 bits per heavy atom. The minimum Gasteiger partial charge on any atom is -0.377 e. The summed E-state index contributed by atoms with van der Waals surface area (Å²) in [6, 6.07) is 6.55. The second-order valence-corrected chi connectivity index (χ2v) is 7.67. The SMILES string of the molecule is CC(C)n1nccc1-c1cc(N2CCOC[C@H]2C)nc2c(-c3ccn[nH]3)[nH]nc12. The lowest BCUT2D eigenvalue weighted by molar-refractivity contribution is 0.0986. The molecule has 0 unspecified atom stereocenters. The lowest BCUT2D eigenvalue weighted by atomic mass is 10.1. The van der Waals surface area contributed by atoms with Gasteiger partial charge in [-0.1, -0.05) is 0 Å². The Kier molecular flexibility index (Phi) is 4.31. The van der Waals surface area contributed by atoms with Gasteiger partial charge in [-0.25, -0.2) is 4.98 Å². The molecule has 29 heavy (non-hydrogen) atoms. The molecular weight excluding hydrogens is 368 g/mol. The van der Waals surface area contributed by atoms with Crippen molar-refractivity contribution in [3.63, 3.8) is 0 Å². The molecule has 4 aromatic rings. The van der Waals surface area contributed by atoms with E-state index in [9.17, 15) is 0 Å². The van der Waals surface area contributed by atoms with Crippen LogP contribution in [0, 0.1) is 0 Å². The van der Waals surface area contributed by atoms with Crippen molar-refractivity contribution in [3.8, 4) is 22.6 Å². The van der Waals surface area contributed by atoms with Crippen molar-refractivity contribution in [3.05, 3.63) is 30.6 Å². The number of ether oxygens (including phenoxy) is 1. The molecule has 5 heterocycles. The summed E-state index contributed by atoms with van der Waals surface area (Å²) in [7, 11) is 0. The average Bonchev–Trinajstić information content (AvgIpc) is 3.46. The third kappa shape index (κ3) is 2.98. The molecular formula is C20H24N8O. The van der Waals surface area contributed by atoms with Crippen LogP contribution in [0.1, 0.15) is 26.8 Å². The molecule has 5 rings (SSSR count). The summed E-state index contributed by atoms with van der Waals surface area (Å²) in [5.74, 6) is 0.918. The van der Waals surface area contributed by atoms with E-state index in [0.29, 0.717) is 13.2 Å². The van der Waals surface area contributed by atoms with Crippen LogP contribution in [0.4, 0.5) is 5.82 Å². The molecule has 2 N–H and O–H groups in total. The van der Waals surface area contributed by atoms with Gasteiger partial charge in [0.25, 0.3) is 0 Å². The van der Waals surface area contributed by atoms with E-state index in [4.69, 9.17) is 9.72 Å². The van der Waals surface area contributed by atoms with Crippen LogP contribution in [0.25, 0.3) is 33.7 Å². The molecule has 4 aromatic heterocycles. The number of aromatic amines is 2. The van der Waals surface area contributed by atoms with Gasteiger partial charge in [0.1, 0.15) is 22.5 Å². The number of anilines is 1. The van der Waals surface area contributed by atoms with Crippen LogP contribution in [0.15, 0.2) is 30.6 Å². The molecule has 1 saturated heterocycles. The van der Waals surface area contributed by atoms with Crippen molar-refractivity contribution in [2.24, 2.45) is 0 Å². The lowest BCUT2D eigenvalue weighted by Gasteiger charge is -2.34. The van der Waals surface area contributed by atoms with Crippen LogP contribution in [-0.2, 0) is 4.74 Å². The zero-order valence-corrected chi connectivity index (χ0v) is 16.8. The predicted molar refractivity (Wildman–Crippen MR) is 111 cm³/mol. The highest BCUT2D eigenvalue weighted by atomic mass is 16.5. The Bertz CT molecular complexity index is 1130. The van der Waals surface area contributed by atoms with Crippen LogP contribution < -0.4 is 4.90 Å². The fourth-order valence-corrected chi connectivity index (χ4v) is 3.91. The van der Waals surface area contributed by atoms with Crippen molar-refractivity contribution in [1.29, 1.82) is 0 Å². The quantitative estimate of drug-likeness (QED) is 0.554. The molecule has 0 spiro atoms. The van der Waals surface area contributed by atoms with Gasteiger partial charge in [0, 0.05) is 30.5 Å². The number of aromatic nitrogens is 7. The smallest absolute Gasteiger partial charge is 0.130 e. The van der Waals surface area contributed by atoms with Gasteiger partial charge in [-0.15, -0.1) is 0 Å². The second kappa shape index (κ2) is 7.00. The maximum absolute atomic E-state index is 5.63. The largest absolute Gasteiger partial charge is 0.377 e. The lowest BCUT2D eigenvalue weighted by Crippen LogP contribution is -2.44. The number of rotatable bonds is 4. The van der Waals surface area contributed by atoms with Gasteiger partial charge in [-0.2, -0.15) is 15.3 Å². The zero-order valence-electron chi connectivity index (χ0n) is 16.8. The fourth-order valence-electron chi connectivity index (χ4n) is 3.91. The number of pyridine rings is 1. The fraction of sp³-hybridized carbons (Fsp3) is 0.400. The predicted octanol–water partition coefficient (Wildman–Crippen LogP) is 3.02. The van der Waals surface area contributed by atoms with Crippen LogP contribution in [0.2, 0.25) is 0 Å². The number of nitrogens with one attached hydrogen (secondary N) is 2. The van der Waals surface area contributed by atoms with Gasteiger partial charge in [0.15, 0.2) is 0 Å². The number of nitrogens with zero attached hydrogens (tertiary/aromatic N) is 6. The number of hydrogen-bond acceptors (Lipinski definition) is 6. The van der Waals surface area contributed by atoms with Crippen molar-refractivity contribution in [2.75, 3.05) is 24.7 Å². The molecule has 1 aliphatic heterocycles. The summed E-state index contributed by atoms with van der Waals surface area (Å²) in [5, 5.41) is 19.4. The average molecular weight is 392 g/mol. The molecule has 0 bridgehead atoms. The third-order valence-corrected chi connectivity index (χ3v) is 5.36. The molecule has 1 aliphatic rings. The van der Waals surface area contributed by atoms with Crippen molar-refractivity contribution in [1.82, 2.24) is 35.2 Å². The maximum atomic E-state index is 5.63. The van der Waals surface area contributed by atoms with E-state index in [1.807, 2.05) is 23.0 Å². The van der Waals surface area contributed by atoms with Gasteiger partial charge in [-0.3, -0.25) is 14.9 Å². The molecule has 9 nitrogen and oxygen atoms in total. The Hall–Kier alpha value is -3.20. The normalized spacial score (nSPS) is 17.5. The number of morpholine rings is 1. The highest BCUT2D eigenvalue weighted by molar-refractivity contribution is 5.99. The summed E-state index contributed by atoms with van der Waals surface area (Å²) in [4.78, 5) is 7.31. The van der Waals surface area contributed by atoms with E-state index in [2.05, 4.69) is 57.2 Å². The molecule has 1 fully saturated rings. The maximum Gasteiger partial charge on any atom is 0.130 e. The van der Waals surface area contributed by atoms with E-state index >= 15 is 0 Å². The van der Waals surface area contributed by atoms with Crippen LogP contribution in [0.5, 0.6) is 0 Å². The van der Waals surface area contributed by atoms with Gasteiger partial charge < -0.3 is 9.64 Å². The Labute approximate surface area is 168 Å². The molecule has 1 atom stereocenters.